The fourth-order valence-corrected chi connectivity index (χ4v) is 2.55. The molecule has 2 aromatic rings. The van der Waals surface area contributed by atoms with E-state index in [4.69, 9.17) is 40.1 Å². The van der Waals surface area contributed by atoms with Crippen molar-refractivity contribution < 1.29 is 0 Å². The minimum Gasteiger partial charge on any atom is -0.305 e. The molecule has 0 radical (unpaired) electrons. The molecule has 0 aliphatic rings. The van der Waals surface area contributed by atoms with Crippen molar-refractivity contribution in [1.82, 2.24) is 15.2 Å². The van der Waals surface area contributed by atoms with E-state index < -0.39 is 0 Å². The van der Waals surface area contributed by atoms with Gasteiger partial charge in [0.05, 0.1) is 16.2 Å². The molecule has 0 amide bonds. The smallest absolute Gasteiger partial charge is 0.162 e. The molecule has 0 atom stereocenters. The quantitative estimate of drug-likeness (QED) is 0.853. The van der Waals surface area contributed by atoms with Crippen LogP contribution in [0.4, 0.5) is 5.82 Å². The number of benzene rings is 1. The molecule has 98 valence electrons. The summed E-state index contributed by atoms with van der Waals surface area (Å²) >= 11 is 18.1. The third-order valence-electron chi connectivity index (χ3n) is 2.33. The summed E-state index contributed by atoms with van der Waals surface area (Å²) < 4.78 is 1.44. The molecule has 8 heteroatoms. The number of hydrogen-bond donors (Lipinski definition) is 2. The van der Waals surface area contributed by atoms with Gasteiger partial charge in [0.25, 0.3) is 0 Å². The van der Waals surface area contributed by atoms with Gasteiger partial charge < -0.3 is 5.43 Å². The van der Waals surface area contributed by atoms with E-state index in [2.05, 4.69) is 16.0 Å². The molecule has 1 aromatic carbocycles. The molecule has 5 nitrogen and oxygen atoms in total. The molecule has 0 saturated carbocycles. The number of halogens is 3. The van der Waals surface area contributed by atoms with E-state index in [0.29, 0.717) is 32.1 Å². The monoisotopic (exact) mass is 315 g/mol. The van der Waals surface area contributed by atoms with Gasteiger partial charge in [-0.05, 0) is 12.1 Å². The Morgan fingerprint density at radius 2 is 1.89 bits per heavy atom. The van der Waals surface area contributed by atoms with E-state index in [0.717, 1.165) is 0 Å². The van der Waals surface area contributed by atoms with Crippen LogP contribution < -0.4 is 10.9 Å². The van der Waals surface area contributed by atoms with Crippen LogP contribution in [-0.4, -0.2) is 16.8 Å². The minimum atomic E-state index is 0.337. The van der Waals surface area contributed by atoms with Crippen molar-refractivity contribution in [2.24, 2.45) is 0 Å². The van der Waals surface area contributed by atoms with Crippen LogP contribution in [-0.2, 0) is 0 Å². The summed E-state index contributed by atoms with van der Waals surface area (Å²) in [5.74, 6) is 0.441. The number of aromatic nitrogens is 2. The Morgan fingerprint density at radius 1 is 1.26 bits per heavy atom. The van der Waals surface area contributed by atoms with Crippen molar-refractivity contribution in [1.29, 1.82) is 5.26 Å². The van der Waals surface area contributed by atoms with Gasteiger partial charge in [-0.2, -0.15) is 10.4 Å². The lowest BCUT2D eigenvalue weighted by atomic mass is 10.3. The highest BCUT2D eigenvalue weighted by molar-refractivity contribution is 6.40. The SMILES string of the molecule is CNNc1c(C#N)cnn1-c1c(Cl)cc(Cl)cc1Cl. The number of rotatable bonds is 3. The third kappa shape index (κ3) is 2.62. The van der Waals surface area contributed by atoms with Gasteiger partial charge in [-0.15, -0.1) is 0 Å². The summed E-state index contributed by atoms with van der Waals surface area (Å²) in [6.45, 7) is 0. The maximum atomic E-state index is 9.03. The average molecular weight is 317 g/mol. The fourth-order valence-electron chi connectivity index (χ4n) is 1.58. The summed E-state index contributed by atoms with van der Waals surface area (Å²) in [5.41, 5.74) is 6.36. The maximum Gasteiger partial charge on any atom is 0.162 e. The third-order valence-corrected chi connectivity index (χ3v) is 3.12. The number of hydrogen-bond acceptors (Lipinski definition) is 4. The second kappa shape index (κ2) is 5.68. The van der Waals surface area contributed by atoms with Gasteiger partial charge in [0.15, 0.2) is 5.82 Å². The lowest BCUT2D eigenvalue weighted by Gasteiger charge is -2.12. The molecule has 0 aliphatic heterocycles. The highest BCUT2D eigenvalue weighted by Crippen LogP contribution is 2.34. The minimum absolute atomic E-state index is 0.337. The molecular weight excluding hydrogens is 309 g/mol. The van der Waals surface area contributed by atoms with E-state index >= 15 is 0 Å². The van der Waals surface area contributed by atoms with Gasteiger partial charge in [-0.1, -0.05) is 34.8 Å². The van der Waals surface area contributed by atoms with Crippen LogP contribution in [0.1, 0.15) is 5.56 Å². The fraction of sp³-hybridized carbons (Fsp3) is 0.0909. The van der Waals surface area contributed by atoms with Gasteiger partial charge in [0, 0.05) is 12.1 Å². The number of hydrazine groups is 1. The summed E-state index contributed by atoms with van der Waals surface area (Å²) in [5, 5.41) is 14.2. The van der Waals surface area contributed by atoms with Gasteiger partial charge in [0.1, 0.15) is 17.3 Å². The summed E-state index contributed by atoms with van der Waals surface area (Å²) in [4.78, 5) is 0. The van der Waals surface area contributed by atoms with Crippen LogP contribution in [0.25, 0.3) is 5.69 Å². The van der Waals surface area contributed by atoms with Crippen LogP contribution >= 0.6 is 34.8 Å². The zero-order chi connectivity index (χ0) is 14.0. The first-order chi connectivity index (χ1) is 9.08. The average Bonchev–Trinajstić information content (AvgIpc) is 2.72. The van der Waals surface area contributed by atoms with E-state index in [1.54, 1.807) is 19.2 Å². The van der Waals surface area contributed by atoms with Gasteiger partial charge in [-0.3, -0.25) is 0 Å². The molecule has 0 bridgehead atoms. The van der Waals surface area contributed by atoms with Crippen LogP contribution in [0.5, 0.6) is 0 Å². The summed E-state index contributed by atoms with van der Waals surface area (Å²) in [7, 11) is 1.67. The molecule has 1 heterocycles. The zero-order valence-corrected chi connectivity index (χ0v) is 12.0. The van der Waals surface area contributed by atoms with E-state index in [-0.39, 0.29) is 0 Å². The zero-order valence-electron chi connectivity index (χ0n) is 9.71. The molecule has 19 heavy (non-hydrogen) atoms. The predicted molar refractivity (Wildman–Crippen MR) is 76.0 cm³/mol. The van der Waals surface area contributed by atoms with Crippen LogP contribution in [0.15, 0.2) is 18.3 Å². The van der Waals surface area contributed by atoms with Crippen molar-refractivity contribution in [2.75, 3.05) is 12.5 Å². The summed E-state index contributed by atoms with van der Waals surface area (Å²) in [6, 6.07) is 5.14. The lowest BCUT2D eigenvalue weighted by molar-refractivity contribution is 0.852. The van der Waals surface area contributed by atoms with Gasteiger partial charge in [0.2, 0.25) is 0 Å². The maximum absolute atomic E-state index is 9.03. The number of nitrogens with zero attached hydrogens (tertiary/aromatic N) is 3. The highest BCUT2D eigenvalue weighted by atomic mass is 35.5. The van der Waals surface area contributed by atoms with Crippen molar-refractivity contribution in [3.63, 3.8) is 0 Å². The standard InChI is InChI=1S/C11H8Cl3N5/c1-16-18-11-6(4-15)5-17-19(11)10-8(13)2-7(12)3-9(10)14/h2-3,5,16,18H,1H3. The Hall–Kier alpha value is -1.45. The molecule has 0 aliphatic carbocycles. The second-order valence-corrected chi connectivity index (χ2v) is 4.77. The first kappa shape index (κ1) is 14.0. The Balaban J connectivity index is 2.66. The van der Waals surface area contributed by atoms with Crippen molar-refractivity contribution in [2.45, 2.75) is 0 Å². The van der Waals surface area contributed by atoms with E-state index in [1.807, 2.05) is 6.07 Å². The molecule has 0 spiro atoms. The normalized spacial score (nSPS) is 10.3. The van der Waals surface area contributed by atoms with E-state index in [1.165, 1.54) is 10.9 Å². The number of anilines is 1. The van der Waals surface area contributed by atoms with Crippen LogP contribution in [0.2, 0.25) is 15.1 Å². The van der Waals surface area contributed by atoms with E-state index in [9.17, 15) is 0 Å². The van der Waals surface area contributed by atoms with Gasteiger partial charge >= 0.3 is 0 Å². The highest BCUT2D eigenvalue weighted by Gasteiger charge is 2.17. The molecule has 2 N–H and O–H groups in total. The molecule has 0 fully saturated rings. The Kier molecular flexibility index (Phi) is 4.17. The molecule has 1 aromatic heterocycles. The molecule has 0 saturated heterocycles. The first-order valence-corrected chi connectivity index (χ1v) is 6.27. The topological polar surface area (TPSA) is 65.7 Å². The van der Waals surface area contributed by atoms with Crippen molar-refractivity contribution in [3.05, 3.63) is 39.0 Å². The second-order valence-electron chi connectivity index (χ2n) is 3.52. The Morgan fingerprint density at radius 3 is 2.42 bits per heavy atom. The van der Waals surface area contributed by atoms with Crippen molar-refractivity contribution in [3.8, 4) is 11.8 Å². The van der Waals surface area contributed by atoms with Gasteiger partial charge in [-0.25, -0.2) is 10.1 Å². The largest absolute Gasteiger partial charge is 0.305 e. The van der Waals surface area contributed by atoms with Crippen LogP contribution in [0, 0.1) is 11.3 Å². The van der Waals surface area contributed by atoms with Crippen molar-refractivity contribution >= 4 is 40.6 Å². The Bertz CT molecular complexity index is 636. The summed E-state index contributed by atoms with van der Waals surface area (Å²) in [6.07, 6.45) is 1.42. The first-order valence-electron chi connectivity index (χ1n) is 5.14. The number of nitriles is 1. The molecule has 0 unspecified atom stereocenters. The van der Waals surface area contributed by atoms with Crippen LogP contribution in [0.3, 0.4) is 0 Å². The predicted octanol–water partition coefficient (Wildman–Crippen LogP) is 3.25. The molecule has 2 rings (SSSR count). The number of nitrogens with one attached hydrogen (secondary N) is 2. The lowest BCUT2D eigenvalue weighted by Crippen LogP contribution is -2.19. The Labute approximate surface area is 124 Å². The molecular formula is C11H8Cl3N5.